The van der Waals surface area contributed by atoms with E-state index in [9.17, 15) is 9.59 Å². The number of carbonyl (C=O) groups is 2. The van der Waals surface area contributed by atoms with Crippen molar-refractivity contribution in [1.29, 1.82) is 0 Å². The molecule has 0 rings (SSSR count). The van der Waals surface area contributed by atoms with Crippen molar-refractivity contribution < 1.29 is 14.3 Å². The largest absolute Gasteiger partial charge is 0.458 e. The SMILES string of the molecule is CC(=O)COC(=O)CCCBr. The minimum Gasteiger partial charge on any atom is -0.458 e. The number of hydrogen-bond donors (Lipinski definition) is 0. The van der Waals surface area contributed by atoms with Gasteiger partial charge in [-0.1, -0.05) is 15.9 Å². The Bertz CT molecular complexity index is 145. The highest BCUT2D eigenvalue weighted by molar-refractivity contribution is 9.09. The lowest BCUT2D eigenvalue weighted by atomic mass is 10.3. The lowest BCUT2D eigenvalue weighted by Crippen LogP contribution is -2.10. The monoisotopic (exact) mass is 222 g/mol. The van der Waals surface area contributed by atoms with Gasteiger partial charge in [-0.3, -0.25) is 9.59 Å². The van der Waals surface area contributed by atoms with Crippen LogP contribution >= 0.6 is 15.9 Å². The number of Topliss-reactive ketones (excluding diaryl/α,β-unsaturated/α-hetero) is 1. The number of ether oxygens (including phenoxy) is 1. The first-order valence-electron chi connectivity index (χ1n) is 3.38. The van der Waals surface area contributed by atoms with E-state index in [-0.39, 0.29) is 18.4 Å². The lowest BCUT2D eigenvalue weighted by Gasteiger charge is -1.99. The summed E-state index contributed by atoms with van der Waals surface area (Å²) in [6, 6.07) is 0. The summed E-state index contributed by atoms with van der Waals surface area (Å²) in [6.45, 7) is 1.29. The lowest BCUT2D eigenvalue weighted by molar-refractivity contribution is -0.147. The number of alkyl halides is 1. The third-order valence-corrected chi connectivity index (χ3v) is 1.51. The zero-order valence-corrected chi connectivity index (χ0v) is 8.02. The zero-order valence-electron chi connectivity index (χ0n) is 6.43. The van der Waals surface area contributed by atoms with Crippen LogP contribution in [0.1, 0.15) is 19.8 Å². The average Bonchev–Trinajstić information content (AvgIpc) is 1.97. The molecule has 0 aromatic heterocycles. The van der Waals surface area contributed by atoms with E-state index in [4.69, 9.17) is 0 Å². The minimum absolute atomic E-state index is 0.0961. The Balaban J connectivity index is 3.30. The van der Waals surface area contributed by atoms with E-state index in [1.54, 1.807) is 0 Å². The predicted molar refractivity (Wildman–Crippen MR) is 44.7 cm³/mol. The molecule has 0 aromatic carbocycles. The highest BCUT2D eigenvalue weighted by Crippen LogP contribution is 1.95. The van der Waals surface area contributed by atoms with E-state index in [0.29, 0.717) is 6.42 Å². The maximum Gasteiger partial charge on any atom is 0.306 e. The topological polar surface area (TPSA) is 43.4 Å². The van der Waals surface area contributed by atoms with Crippen molar-refractivity contribution in [3.8, 4) is 0 Å². The number of hydrogen-bond acceptors (Lipinski definition) is 3. The summed E-state index contributed by atoms with van der Waals surface area (Å²) in [5.41, 5.74) is 0. The Morgan fingerprint density at radius 2 is 2.09 bits per heavy atom. The van der Waals surface area contributed by atoms with Crippen molar-refractivity contribution in [3.63, 3.8) is 0 Å². The van der Waals surface area contributed by atoms with E-state index < -0.39 is 0 Å². The van der Waals surface area contributed by atoms with Gasteiger partial charge in [0, 0.05) is 11.8 Å². The van der Waals surface area contributed by atoms with Crippen LogP contribution in [0.25, 0.3) is 0 Å². The minimum atomic E-state index is -0.306. The Morgan fingerprint density at radius 3 is 2.55 bits per heavy atom. The summed E-state index contributed by atoms with van der Waals surface area (Å²) in [7, 11) is 0. The molecule has 0 spiro atoms. The highest BCUT2D eigenvalue weighted by atomic mass is 79.9. The fraction of sp³-hybridized carbons (Fsp3) is 0.714. The van der Waals surface area contributed by atoms with Gasteiger partial charge in [0.05, 0.1) is 0 Å². The molecule has 0 aliphatic carbocycles. The average molecular weight is 223 g/mol. The standard InChI is InChI=1S/C7H11BrO3/c1-6(9)5-11-7(10)3-2-4-8/h2-5H2,1H3. The maximum atomic E-state index is 10.7. The number of halogens is 1. The van der Waals surface area contributed by atoms with Crippen LogP contribution in [0.5, 0.6) is 0 Å². The first-order valence-corrected chi connectivity index (χ1v) is 4.50. The van der Waals surface area contributed by atoms with Crippen LogP contribution in [-0.2, 0) is 14.3 Å². The number of esters is 1. The Labute approximate surface area is 74.2 Å². The number of carbonyl (C=O) groups excluding carboxylic acids is 2. The Hall–Kier alpha value is -0.380. The summed E-state index contributed by atoms with van der Waals surface area (Å²) in [6.07, 6.45) is 1.12. The predicted octanol–water partition coefficient (Wildman–Crippen LogP) is 1.29. The molecule has 0 unspecified atom stereocenters. The molecule has 0 bridgehead atoms. The van der Waals surface area contributed by atoms with Crippen molar-refractivity contribution in [3.05, 3.63) is 0 Å². The Morgan fingerprint density at radius 1 is 1.45 bits per heavy atom. The van der Waals surface area contributed by atoms with E-state index >= 15 is 0 Å². The van der Waals surface area contributed by atoms with Crippen LogP contribution < -0.4 is 0 Å². The van der Waals surface area contributed by atoms with Gasteiger partial charge in [-0.25, -0.2) is 0 Å². The molecule has 0 atom stereocenters. The maximum absolute atomic E-state index is 10.7. The van der Waals surface area contributed by atoms with Crippen LogP contribution in [0.2, 0.25) is 0 Å². The Kier molecular flexibility index (Phi) is 6.12. The van der Waals surface area contributed by atoms with Crippen LogP contribution in [-0.4, -0.2) is 23.7 Å². The first kappa shape index (κ1) is 10.6. The molecular weight excluding hydrogens is 212 g/mol. The highest BCUT2D eigenvalue weighted by Gasteiger charge is 2.02. The van der Waals surface area contributed by atoms with Gasteiger partial charge < -0.3 is 4.74 Å². The zero-order chi connectivity index (χ0) is 8.69. The molecule has 0 saturated heterocycles. The van der Waals surface area contributed by atoms with Gasteiger partial charge in [-0.15, -0.1) is 0 Å². The molecule has 0 heterocycles. The molecule has 4 heteroatoms. The normalized spacial score (nSPS) is 9.27. The van der Waals surface area contributed by atoms with Crippen LogP contribution in [0, 0.1) is 0 Å². The summed E-state index contributed by atoms with van der Waals surface area (Å²) < 4.78 is 4.60. The second kappa shape index (κ2) is 6.34. The molecule has 64 valence electrons. The third kappa shape index (κ3) is 7.52. The van der Waals surface area contributed by atoms with Gasteiger partial charge in [0.2, 0.25) is 0 Å². The van der Waals surface area contributed by atoms with Crippen LogP contribution in [0.15, 0.2) is 0 Å². The molecule has 0 aromatic rings. The molecular formula is C7H11BrO3. The van der Waals surface area contributed by atoms with Gasteiger partial charge >= 0.3 is 5.97 Å². The van der Waals surface area contributed by atoms with Gasteiger partial charge in [0.1, 0.15) is 6.61 Å². The number of rotatable bonds is 5. The quantitative estimate of drug-likeness (QED) is 0.521. The first-order chi connectivity index (χ1) is 5.16. The van der Waals surface area contributed by atoms with Crippen molar-refractivity contribution in [2.24, 2.45) is 0 Å². The fourth-order valence-corrected chi connectivity index (χ4v) is 0.746. The van der Waals surface area contributed by atoms with Crippen LogP contribution in [0.3, 0.4) is 0 Å². The third-order valence-electron chi connectivity index (χ3n) is 0.951. The van der Waals surface area contributed by atoms with Crippen molar-refractivity contribution >= 4 is 27.7 Å². The van der Waals surface area contributed by atoms with Gasteiger partial charge in [0.15, 0.2) is 5.78 Å². The fourth-order valence-electron chi connectivity index (χ4n) is 0.465. The molecule has 0 N–H and O–H groups in total. The summed E-state index contributed by atoms with van der Waals surface area (Å²) in [5, 5.41) is 0.780. The van der Waals surface area contributed by atoms with E-state index in [1.165, 1.54) is 6.92 Å². The van der Waals surface area contributed by atoms with E-state index in [2.05, 4.69) is 20.7 Å². The molecule has 0 fully saturated rings. The molecule has 0 saturated carbocycles. The molecule has 0 aliphatic heterocycles. The van der Waals surface area contributed by atoms with E-state index in [0.717, 1.165) is 11.8 Å². The van der Waals surface area contributed by atoms with Crippen molar-refractivity contribution in [2.45, 2.75) is 19.8 Å². The molecule has 11 heavy (non-hydrogen) atoms. The van der Waals surface area contributed by atoms with E-state index in [1.807, 2.05) is 0 Å². The number of ketones is 1. The van der Waals surface area contributed by atoms with Crippen molar-refractivity contribution in [2.75, 3.05) is 11.9 Å². The van der Waals surface area contributed by atoms with Gasteiger partial charge in [-0.2, -0.15) is 0 Å². The van der Waals surface area contributed by atoms with Gasteiger partial charge in [0.25, 0.3) is 0 Å². The summed E-state index contributed by atoms with van der Waals surface area (Å²) in [4.78, 5) is 21.0. The molecule has 0 radical (unpaired) electrons. The van der Waals surface area contributed by atoms with Gasteiger partial charge in [-0.05, 0) is 13.3 Å². The second-order valence-corrected chi connectivity index (χ2v) is 2.95. The van der Waals surface area contributed by atoms with Crippen molar-refractivity contribution in [1.82, 2.24) is 0 Å². The smallest absolute Gasteiger partial charge is 0.306 e. The van der Waals surface area contributed by atoms with Crippen LogP contribution in [0.4, 0.5) is 0 Å². The molecule has 3 nitrogen and oxygen atoms in total. The molecule has 0 amide bonds. The summed E-state index contributed by atoms with van der Waals surface area (Å²) in [5.74, 6) is -0.433. The summed E-state index contributed by atoms with van der Waals surface area (Å²) >= 11 is 3.18. The molecule has 0 aliphatic rings. The second-order valence-electron chi connectivity index (χ2n) is 2.16.